The second-order valence-corrected chi connectivity index (χ2v) is 4.88. The highest BCUT2D eigenvalue weighted by molar-refractivity contribution is 5.63. The third-order valence-corrected chi connectivity index (χ3v) is 3.17. The van der Waals surface area contributed by atoms with E-state index >= 15 is 0 Å². The maximum atomic E-state index is 12.7. The molecule has 9 heteroatoms. The molecule has 2 heterocycles. The third-order valence-electron chi connectivity index (χ3n) is 3.17. The summed E-state index contributed by atoms with van der Waals surface area (Å²) in [7, 11) is 0. The van der Waals surface area contributed by atoms with Crippen molar-refractivity contribution in [1.82, 2.24) is 9.38 Å². The van der Waals surface area contributed by atoms with Gasteiger partial charge in [-0.3, -0.25) is 0 Å². The van der Waals surface area contributed by atoms with Crippen LogP contribution in [0.15, 0.2) is 48.8 Å². The first-order valence-electron chi connectivity index (χ1n) is 6.54. The van der Waals surface area contributed by atoms with Gasteiger partial charge >= 0.3 is 12.5 Å². The number of nitrogens with zero attached hydrogens (tertiary/aromatic N) is 2. The average Bonchev–Trinajstić information content (AvgIpc) is 2.88. The highest BCUT2D eigenvalue weighted by Crippen LogP contribution is 2.31. The Hall–Kier alpha value is -2.71. The van der Waals surface area contributed by atoms with E-state index < -0.39 is 23.9 Å². The molecule has 2 aromatic heterocycles. The summed E-state index contributed by atoms with van der Waals surface area (Å²) in [6.45, 7) is 0. The Bertz CT molecular complexity index is 864. The van der Waals surface area contributed by atoms with E-state index in [0.29, 0.717) is 11.3 Å². The quantitative estimate of drug-likeness (QED) is 0.616. The van der Waals surface area contributed by atoms with Gasteiger partial charge < -0.3 is 9.14 Å². The topological polar surface area (TPSA) is 26.5 Å². The number of halogens is 6. The maximum absolute atomic E-state index is 12.7. The Morgan fingerprint density at radius 2 is 1.58 bits per heavy atom. The number of imidazole rings is 1. The van der Waals surface area contributed by atoms with Gasteiger partial charge in [-0.25, -0.2) is 4.98 Å². The number of ether oxygens (including phenoxy) is 1. The van der Waals surface area contributed by atoms with Crippen LogP contribution in [-0.4, -0.2) is 15.7 Å². The highest BCUT2D eigenvalue weighted by Gasteiger charge is 2.31. The highest BCUT2D eigenvalue weighted by atomic mass is 19.4. The lowest BCUT2D eigenvalue weighted by atomic mass is 10.2. The minimum absolute atomic E-state index is 0.0791. The summed E-state index contributed by atoms with van der Waals surface area (Å²) in [6.07, 6.45) is -6.58. The Morgan fingerprint density at radius 3 is 2.17 bits per heavy atom. The van der Waals surface area contributed by atoms with Crippen molar-refractivity contribution in [3.8, 4) is 17.0 Å². The molecule has 0 radical (unpaired) electrons. The van der Waals surface area contributed by atoms with Crippen LogP contribution in [0.2, 0.25) is 0 Å². The number of aromatic nitrogens is 2. The zero-order valence-corrected chi connectivity index (χ0v) is 11.7. The number of fused-ring (bicyclic) bond motifs is 1. The van der Waals surface area contributed by atoms with Gasteiger partial charge in [0.15, 0.2) is 0 Å². The van der Waals surface area contributed by atoms with Crippen molar-refractivity contribution in [3.63, 3.8) is 0 Å². The molecule has 126 valence electrons. The molecule has 24 heavy (non-hydrogen) atoms. The summed E-state index contributed by atoms with van der Waals surface area (Å²) in [5.41, 5.74) is 0.0196. The van der Waals surface area contributed by atoms with Crippen LogP contribution in [0.5, 0.6) is 5.75 Å². The molecule has 0 amide bonds. The van der Waals surface area contributed by atoms with Gasteiger partial charge in [-0.15, -0.1) is 13.2 Å². The molecular weight excluding hydrogens is 338 g/mol. The van der Waals surface area contributed by atoms with E-state index in [0.717, 1.165) is 24.3 Å². The molecule has 3 nitrogen and oxygen atoms in total. The van der Waals surface area contributed by atoms with Gasteiger partial charge in [-0.1, -0.05) is 0 Å². The normalized spacial score (nSPS) is 12.6. The molecule has 0 aliphatic heterocycles. The summed E-state index contributed by atoms with van der Waals surface area (Å²) < 4.78 is 79.5. The van der Waals surface area contributed by atoms with Crippen molar-refractivity contribution in [3.05, 3.63) is 54.4 Å². The van der Waals surface area contributed by atoms with Crippen LogP contribution >= 0.6 is 0 Å². The fourth-order valence-electron chi connectivity index (χ4n) is 2.12. The van der Waals surface area contributed by atoms with Crippen molar-refractivity contribution < 1.29 is 31.1 Å². The standard InChI is InChI=1S/C15H8F6N2O/c16-14(17,18)10-5-6-23-8-12(22-13(23)7-10)9-1-3-11(4-2-9)24-15(19,20)21/h1-8H. The van der Waals surface area contributed by atoms with Gasteiger partial charge in [0.25, 0.3) is 0 Å². The van der Waals surface area contributed by atoms with Gasteiger partial charge in [-0.05, 0) is 36.4 Å². The van der Waals surface area contributed by atoms with E-state index in [1.165, 1.54) is 28.9 Å². The first kappa shape index (κ1) is 16.2. The number of rotatable bonds is 2. The molecule has 0 fully saturated rings. The van der Waals surface area contributed by atoms with Crippen LogP contribution in [0.3, 0.4) is 0 Å². The molecule has 3 rings (SSSR count). The van der Waals surface area contributed by atoms with Crippen LogP contribution < -0.4 is 4.74 Å². The summed E-state index contributed by atoms with van der Waals surface area (Å²) in [6, 6.07) is 6.70. The first-order chi connectivity index (χ1) is 11.1. The number of hydrogen-bond acceptors (Lipinski definition) is 2. The van der Waals surface area contributed by atoms with Crippen molar-refractivity contribution in [2.24, 2.45) is 0 Å². The fourth-order valence-corrected chi connectivity index (χ4v) is 2.12. The minimum Gasteiger partial charge on any atom is -0.406 e. The van der Waals surface area contributed by atoms with Gasteiger partial charge in [0.2, 0.25) is 0 Å². The van der Waals surface area contributed by atoms with E-state index in [9.17, 15) is 26.3 Å². The van der Waals surface area contributed by atoms with Crippen LogP contribution in [0.4, 0.5) is 26.3 Å². The molecule has 0 spiro atoms. The Balaban J connectivity index is 1.92. The molecule has 0 N–H and O–H groups in total. The lowest BCUT2D eigenvalue weighted by Crippen LogP contribution is -2.16. The molecule has 0 unspecified atom stereocenters. The minimum atomic E-state index is -4.79. The van der Waals surface area contributed by atoms with E-state index in [4.69, 9.17) is 0 Å². The maximum Gasteiger partial charge on any atom is 0.573 e. The summed E-state index contributed by atoms with van der Waals surface area (Å²) >= 11 is 0. The Morgan fingerprint density at radius 1 is 0.917 bits per heavy atom. The molecular formula is C15H8F6N2O. The third kappa shape index (κ3) is 3.44. The number of hydrogen-bond donors (Lipinski definition) is 0. The van der Waals surface area contributed by atoms with Crippen LogP contribution in [-0.2, 0) is 6.18 Å². The SMILES string of the molecule is FC(F)(F)Oc1ccc(-c2cn3ccc(C(F)(F)F)cc3n2)cc1. The van der Waals surface area contributed by atoms with Gasteiger partial charge in [0, 0.05) is 18.0 Å². The van der Waals surface area contributed by atoms with E-state index in [1.807, 2.05) is 0 Å². The zero-order chi connectivity index (χ0) is 17.5. The summed E-state index contributed by atoms with van der Waals surface area (Å²) in [5, 5.41) is 0. The van der Waals surface area contributed by atoms with Crippen molar-refractivity contribution in [2.75, 3.05) is 0 Å². The molecule has 1 aromatic carbocycles. The average molecular weight is 346 g/mol. The molecule has 0 aliphatic carbocycles. The smallest absolute Gasteiger partial charge is 0.406 e. The number of alkyl halides is 6. The molecule has 3 aromatic rings. The molecule has 0 atom stereocenters. The lowest BCUT2D eigenvalue weighted by Gasteiger charge is -2.08. The Kier molecular flexibility index (Phi) is 3.66. The van der Waals surface area contributed by atoms with Crippen LogP contribution in [0, 0.1) is 0 Å². The van der Waals surface area contributed by atoms with Gasteiger partial charge in [-0.2, -0.15) is 13.2 Å². The van der Waals surface area contributed by atoms with Crippen molar-refractivity contribution in [2.45, 2.75) is 12.5 Å². The second-order valence-electron chi connectivity index (χ2n) is 4.88. The monoisotopic (exact) mass is 346 g/mol. The summed E-state index contributed by atoms with van der Waals surface area (Å²) in [5.74, 6) is -0.394. The predicted molar refractivity (Wildman–Crippen MR) is 72.3 cm³/mol. The number of pyridine rings is 1. The lowest BCUT2D eigenvalue weighted by molar-refractivity contribution is -0.274. The molecule has 0 saturated heterocycles. The van der Waals surface area contributed by atoms with E-state index in [-0.39, 0.29) is 5.65 Å². The Labute approximate surface area is 131 Å². The van der Waals surface area contributed by atoms with Crippen LogP contribution in [0.1, 0.15) is 5.56 Å². The number of benzene rings is 1. The van der Waals surface area contributed by atoms with Crippen molar-refractivity contribution in [1.29, 1.82) is 0 Å². The second kappa shape index (κ2) is 5.43. The van der Waals surface area contributed by atoms with Gasteiger partial charge in [0.05, 0.1) is 11.3 Å². The largest absolute Gasteiger partial charge is 0.573 e. The molecule has 0 aliphatic rings. The molecule has 0 saturated carbocycles. The van der Waals surface area contributed by atoms with E-state index in [2.05, 4.69) is 9.72 Å². The fraction of sp³-hybridized carbons (Fsp3) is 0.133. The zero-order valence-electron chi connectivity index (χ0n) is 11.7. The van der Waals surface area contributed by atoms with Gasteiger partial charge in [0.1, 0.15) is 11.4 Å². The van der Waals surface area contributed by atoms with Crippen LogP contribution in [0.25, 0.3) is 16.9 Å². The summed E-state index contributed by atoms with van der Waals surface area (Å²) in [4.78, 5) is 4.06. The first-order valence-corrected chi connectivity index (χ1v) is 6.54. The predicted octanol–water partition coefficient (Wildman–Crippen LogP) is 4.92. The van der Waals surface area contributed by atoms with Crippen molar-refractivity contribution >= 4 is 5.65 Å². The van der Waals surface area contributed by atoms with E-state index in [1.54, 1.807) is 0 Å². The molecule has 0 bridgehead atoms.